The largest absolute Gasteiger partial charge is 0.493 e. The summed E-state index contributed by atoms with van der Waals surface area (Å²) in [5, 5.41) is 5.49. The van der Waals surface area contributed by atoms with E-state index in [-0.39, 0.29) is 29.9 Å². The lowest BCUT2D eigenvalue weighted by atomic mass is 10.2. The molecule has 2 aromatic carbocycles. The number of carbonyl (C=O) groups is 2. The summed E-state index contributed by atoms with van der Waals surface area (Å²) in [6.07, 6.45) is 0. The monoisotopic (exact) mass is 422 g/mol. The zero-order valence-corrected chi connectivity index (χ0v) is 17.1. The summed E-state index contributed by atoms with van der Waals surface area (Å²) in [4.78, 5) is 24.4. The van der Waals surface area contributed by atoms with Crippen molar-refractivity contribution in [3.8, 4) is 11.5 Å². The van der Waals surface area contributed by atoms with E-state index in [0.717, 1.165) is 10.5 Å². The molecule has 30 heavy (non-hydrogen) atoms. The SMILES string of the molecule is CC[NH+](CC(=O)Nc1ccc(NC(C)=O)cc1)Cc1ccc(OC(F)F)c(OC)c1. The van der Waals surface area contributed by atoms with Gasteiger partial charge in [0.15, 0.2) is 18.0 Å². The van der Waals surface area contributed by atoms with Gasteiger partial charge in [0.05, 0.1) is 13.7 Å². The second-order valence-corrected chi connectivity index (χ2v) is 6.63. The molecule has 2 aromatic rings. The number of rotatable bonds is 10. The Balaban J connectivity index is 1.96. The van der Waals surface area contributed by atoms with E-state index in [9.17, 15) is 18.4 Å². The number of ether oxygens (including phenoxy) is 2. The van der Waals surface area contributed by atoms with Crippen molar-refractivity contribution in [3.05, 3.63) is 48.0 Å². The van der Waals surface area contributed by atoms with Crippen LogP contribution in [0.25, 0.3) is 0 Å². The highest BCUT2D eigenvalue weighted by molar-refractivity contribution is 5.92. The first-order valence-electron chi connectivity index (χ1n) is 9.43. The Bertz CT molecular complexity index is 860. The maximum absolute atomic E-state index is 12.5. The molecule has 0 radical (unpaired) electrons. The molecular weight excluding hydrogens is 396 g/mol. The van der Waals surface area contributed by atoms with Gasteiger partial charge in [-0.05, 0) is 49.4 Å². The number of carbonyl (C=O) groups excluding carboxylic acids is 2. The molecule has 0 saturated carbocycles. The number of hydrogen-bond donors (Lipinski definition) is 3. The first-order valence-corrected chi connectivity index (χ1v) is 9.43. The van der Waals surface area contributed by atoms with Gasteiger partial charge in [-0.1, -0.05) is 0 Å². The second kappa shape index (κ2) is 11.1. The van der Waals surface area contributed by atoms with Crippen molar-refractivity contribution < 1.29 is 32.7 Å². The third kappa shape index (κ3) is 7.32. The molecule has 0 fully saturated rings. The fourth-order valence-corrected chi connectivity index (χ4v) is 2.89. The summed E-state index contributed by atoms with van der Waals surface area (Å²) >= 11 is 0. The molecule has 0 aliphatic rings. The molecule has 9 heteroatoms. The van der Waals surface area contributed by atoms with E-state index in [1.807, 2.05) is 6.92 Å². The fourth-order valence-electron chi connectivity index (χ4n) is 2.89. The Morgan fingerprint density at radius 1 is 1.03 bits per heavy atom. The Labute approximate surface area is 174 Å². The summed E-state index contributed by atoms with van der Waals surface area (Å²) in [5.74, 6) is -0.148. The van der Waals surface area contributed by atoms with Crippen LogP contribution < -0.4 is 25.0 Å². The van der Waals surface area contributed by atoms with Crippen LogP contribution in [0.3, 0.4) is 0 Å². The number of anilines is 2. The number of likely N-dealkylation sites (N-methyl/N-ethyl adjacent to an activating group) is 1. The highest BCUT2D eigenvalue weighted by Crippen LogP contribution is 2.29. The number of alkyl halides is 2. The van der Waals surface area contributed by atoms with Crippen LogP contribution in [0.1, 0.15) is 19.4 Å². The molecule has 2 amide bonds. The Hall–Kier alpha value is -3.20. The van der Waals surface area contributed by atoms with E-state index in [0.29, 0.717) is 24.5 Å². The van der Waals surface area contributed by atoms with E-state index in [1.54, 1.807) is 36.4 Å². The standard InChI is InChI=1S/C21H25F2N3O4/c1-4-26(12-15-5-10-18(30-21(22)23)19(11-15)29-3)13-20(28)25-17-8-6-16(7-9-17)24-14(2)27/h5-11,21H,4,12-13H2,1-3H3,(H,24,27)(H,25,28)/p+1. The molecule has 7 nitrogen and oxygen atoms in total. The zero-order chi connectivity index (χ0) is 22.1. The van der Waals surface area contributed by atoms with Crippen molar-refractivity contribution in [2.24, 2.45) is 0 Å². The molecule has 0 aliphatic carbocycles. The minimum Gasteiger partial charge on any atom is -0.493 e. The van der Waals surface area contributed by atoms with E-state index in [1.165, 1.54) is 20.1 Å². The Kier molecular flexibility index (Phi) is 8.54. The average molecular weight is 422 g/mol. The normalized spacial score (nSPS) is 11.7. The van der Waals surface area contributed by atoms with Crippen LogP contribution in [0, 0.1) is 0 Å². The third-order valence-electron chi connectivity index (χ3n) is 4.30. The van der Waals surface area contributed by atoms with Crippen LogP contribution in [0.5, 0.6) is 11.5 Å². The van der Waals surface area contributed by atoms with Gasteiger partial charge in [-0.2, -0.15) is 8.78 Å². The van der Waals surface area contributed by atoms with Gasteiger partial charge in [0.25, 0.3) is 5.91 Å². The lowest BCUT2D eigenvalue weighted by Crippen LogP contribution is -3.11. The molecular formula is C21H26F2N3O4+. The van der Waals surface area contributed by atoms with Gasteiger partial charge in [-0.15, -0.1) is 0 Å². The molecule has 3 N–H and O–H groups in total. The summed E-state index contributed by atoms with van der Waals surface area (Å²) in [5.41, 5.74) is 2.10. The van der Waals surface area contributed by atoms with Crippen molar-refractivity contribution in [1.29, 1.82) is 0 Å². The summed E-state index contributed by atoms with van der Waals surface area (Å²) in [7, 11) is 1.38. The minimum atomic E-state index is -2.93. The van der Waals surface area contributed by atoms with Gasteiger partial charge in [0.1, 0.15) is 6.54 Å². The van der Waals surface area contributed by atoms with Crippen molar-refractivity contribution in [1.82, 2.24) is 0 Å². The lowest BCUT2D eigenvalue weighted by Gasteiger charge is -2.18. The highest BCUT2D eigenvalue weighted by Gasteiger charge is 2.16. The Morgan fingerprint density at radius 2 is 1.67 bits per heavy atom. The van der Waals surface area contributed by atoms with Crippen molar-refractivity contribution in [2.75, 3.05) is 30.8 Å². The zero-order valence-electron chi connectivity index (χ0n) is 17.1. The number of methoxy groups -OCH3 is 1. The van der Waals surface area contributed by atoms with E-state index >= 15 is 0 Å². The quantitative estimate of drug-likeness (QED) is 0.549. The molecule has 1 unspecified atom stereocenters. The van der Waals surface area contributed by atoms with Crippen LogP contribution in [0.4, 0.5) is 20.2 Å². The lowest BCUT2D eigenvalue weighted by molar-refractivity contribution is -0.903. The fraction of sp³-hybridized carbons (Fsp3) is 0.333. The first-order chi connectivity index (χ1) is 14.3. The molecule has 0 bridgehead atoms. The Morgan fingerprint density at radius 3 is 2.20 bits per heavy atom. The summed E-state index contributed by atoms with van der Waals surface area (Å²) < 4.78 is 34.5. The summed E-state index contributed by atoms with van der Waals surface area (Å²) in [6, 6.07) is 11.6. The molecule has 0 spiro atoms. The molecule has 2 rings (SSSR count). The van der Waals surface area contributed by atoms with Crippen LogP contribution in [-0.2, 0) is 16.1 Å². The van der Waals surface area contributed by atoms with E-state index in [4.69, 9.17) is 4.74 Å². The average Bonchev–Trinajstić information content (AvgIpc) is 2.69. The van der Waals surface area contributed by atoms with Crippen LogP contribution in [0.2, 0.25) is 0 Å². The molecule has 0 saturated heterocycles. The van der Waals surface area contributed by atoms with E-state index < -0.39 is 6.61 Å². The van der Waals surface area contributed by atoms with E-state index in [2.05, 4.69) is 15.4 Å². The molecule has 0 aromatic heterocycles. The number of halogens is 2. The smallest absolute Gasteiger partial charge is 0.387 e. The van der Waals surface area contributed by atoms with Gasteiger partial charge < -0.3 is 25.0 Å². The third-order valence-corrected chi connectivity index (χ3v) is 4.30. The minimum absolute atomic E-state index is 0.0326. The molecule has 0 heterocycles. The van der Waals surface area contributed by atoms with Crippen molar-refractivity contribution >= 4 is 23.2 Å². The van der Waals surface area contributed by atoms with Gasteiger partial charge in [0.2, 0.25) is 5.91 Å². The number of nitrogens with one attached hydrogen (secondary N) is 3. The molecule has 1 atom stereocenters. The number of hydrogen-bond acceptors (Lipinski definition) is 4. The van der Waals surface area contributed by atoms with Crippen molar-refractivity contribution in [2.45, 2.75) is 27.0 Å². The summed E-state index contributed by atoms with van der Waals surface area (Å²) in [6.45, 7) is 1.87. The van der Waals surface area contributed by atoms with Gasteiger partial charge in [0, 0.05) is 23.9 Å². The van der Waals surface area contributed by atoms with Gasteiger partial charge >= 0.3 is 6.61 Å². The van der Waals surface area contributed by atoms with Crippen molar-refractivity contribution in [3.63, 3.8) is 0 Å². The number of benzene rings is 2. The molecule has 162 valence electrons. The predicted molar refractivity (Wildman–Crippen MR) is 109 cm³/mol. The molecule has 0 aliphatic heterocycles. The highest BCUT2D eigenvalue weighted by atomic mass is 19.3. The number of amides is 2. The van der Waals surface area contributed by atoms with Gasteiger partial charge in [-0.3, -0.25) is 9.59 Å². The van der Waals surface area contributed by atoms with Gasteiger partial charge in [-0.25, -0.2) is 0 Å². The van der Waals surface area contributed by atoms with Crippen LogP contribution in [-0.4, -0.2) is 38.6 Å². The predicted octanol–water partition coefficient (Wildman–Crippen LogP) is 2.30. The first kappa shape index (κ1) is 23.1. The van der Waals surface area contributed by atoms with Crippen LogP contribution in [0.15, 0.2) is 42.5 Å². The number of quaternary nitrogens is 1. The van der Waals surface area contributed by atoms with Crippen LogP contribution >= 0.6 is 0 Å². The second-order valence-electron chi connectivity index (χ2n) is 6.63. The topological polar surface area (TPSA) is 81.1 Å². The maximum Gasteiger partial charge on any atom is 0.387 e. The maximum atomic E-state index is 12.5.